The van der Waals surface area contributed by atoms with Crippen LogP contribution < -0.4 is 4.74 Å². The monoisotopic (exact) mass is 266 g/mol. The first-order valence-electron chi connectivity index (χ1n) is 6.83. The highest BCUT2D eigenvalue weighted by Gasteiger charge is 2.05. The quantitative estimate of drug-likeness (QED) is 0.782. The Labute approximate surface area is 118 Å². The Morgan fingerprint density at radius 3 is 2.55 bits per heavy atom. The van der Waals surface area contributed by atoms with Crippen LogP contribution in [0.25, 0.3) is 11.0 Å². The van der Waals surface area contributed by atoms with Crippen molar-refractivity contribution >= 4 is 11.0 Å². The van der Waals surface area contributed by atoms with Gasteiger partial charge in [-0.2, -0.15) is 0 Å². The van der Waals surface area contributed by atoms with Crippen LogP contribution in [0.3, 0.4) is 0 Å². The molecule has 1 heterocycles. The number of H-pyrrole nitrogens is 1. The van der Waals surface area contributed by atoms with Gasteiger partial charge >= 0.3 is 0 Å². The molecule has 0 atom stereocenters. The molecule has 0 saturated carbocycles. The molecule has 102 valence electrons. The highest BCUT2D eigenvalue weighted by molar-refractivity contribution is 5.78. The van der Waals surface area contributed by atoms with Crippen LogP contribution in [0.2, 0.25) is 0 Å². The molecule has 1 N–H and O–H groups in total. The minimum absolute atomic E-state index is 0.896. The van der Waals surface area contributed by atoms with Gasteiger partial charge < -0.3 is 9.72 Å². The van der Waals surface area contributed by atoms with Crippen LogP contribution in [0, 0.1) is 6.92 Å². The van der Waals surface area contributed by atoms with E-state index in [9.17, 15) is 0 Å². The molecule has 0 aliphatic carbocycles. The lowest BCUT2D eigenvalue weighted by Gasteiger charge is -2.02. The van der Waals surface area contributed by atoms with E-state index < -0.39 is 0 Å². The van der Waals surface area contributed by atoms with Crippen molar-refractivity contribution in [1.82, 2.24) is 9.97 Å². The fraction of sp³-hybridized carbons (Fsp3) is 0.235. The summed E-state index contributed by atoms with van der Waals surface area (Å²) < 4.78 is 5.17. The highest BCUT2D eigenvalue weighted by atomic mass is 16.5. The van der Waals surface area contributed by atoms with Crippen molar-refractivity contribution in [3.63, 3.8) is 0 Å². The number of fused-ring (bicyclic) bond motifs is 1. The van der Waals surface area contributed by atoms with Crippen molar-refractivity contribution in [2.24, 2.45) is 0 Å². The van der Waals surface area contributed by atoms with E-state index in [1.807, 2.05) is 12.1 Å². The van der Waals surface area contributed by atoms with Gasteiger partial charge in [-0.15, -0.1) is 0 Å². The molecule has 0 fully saturated rings. The largest absolute Gasteiger partial charge is 0.497 e. The van der Waals surface area contributed by atoms with E-state index in [1.54, 1.807) is 7.11 Å². The van der Waals surface area contributed by atoms with E-state index in [-0.39, 0.29) is 0 Å². The van der Waals surface area contributed by atoms with Crippen molar-refractivity contribution in [2.75, 3.05) is 7.11 Å². The summed E-state index contributed by atoms with van der Waals surface area (Å²) in [6.45, 7) is 2.09. The number of aryl methyl sites for hydroxylation is 3. The molecular weight excluding hydrogens is 248 g/mol. The van der Waals surface area contributed by atoms with E-state index in [0.29, 0.717) is 0 Å². The number of imidazole rings is 1. The van der Waals surface area contributed by atoms with E-state index in [4.69, 9.17) is 4.74 Å². The third kappa shape index (κ3) is 2.52. The second kappa shape index (κ2) is 5.37. The van der Waals surface area contributed by atoms with Gasteiger partial charge in [0.1, 0.15) is 11.6 Å². The normalized spacial score (nSPS) is 10.9. The first-order chi connectivity index (χ1) is 9.76. The molecule has 3 nitrogen and oxygen atoms in total. The summed E-state index contributed by atoms with van der Waals surface area (Å²) in [4.78, 5) is 8.07. The van der Waals surface area contributed by atoms with Gasteiger partial charge in [-0.3, -0.25) is 0 Å². The summed E-state index contributed by atoms with van der Waals surface area (Å²) >= 11 is 0. The molecule has 1 aromatic heterocycles. The zero-order valence-corrected chi connectivity index (χ0v) is 11.8. The fourth-order valence-electron chi connectivity index (χ4n) is 2.40. The van der Waals surface area contributed by atoms with Crippen LogP contribution in [0.15, 0.2) is 42.5 Å². The smallest absolute Gasteiger partial charge is 0.118 e. The fourth-order valence-corrected chi connectivity index (χ4v) is 2.40. The molecular formula is C17H18N2O. The topological polar surface area (TPSA) is 37.9 Å². The Kier molecular flexibility index (Phi) is 3.42. The van der Waals surface area contributed by atoms with Crippen molar-refractivity contribution in [3.05, 3.63) is 59.4 Å². The maximum Gasteiger partial charge on any atom is 0.118 e. The van der Waals surface area contributed by atoms with Gasteiger partial charge in [-0.1, -0.05) is 24.3 Å². The van der Waals surface area contributed by atoms with Crippen molar-refractivity contribution in [3.8, 4) is 5.75 Å². The molecule has 3 rings (SSSR count). The molecule has 3 aromatic rings. The van der Waals surface area contributed by atoms with Gasteiger partial charge in [-0.05, 0) is 42.7 Å². The number of benzene rings is 2. The number of hydrogen-bond acceptors (Lipinski definition) is 2. The number of nitrogens with zero attached hydrogens (tertiary/aromatic N) is 1. The maximum absolute atomic E-state index is 5.17. The summed E-state index contributed by atoms with van der Waals surface area (Å²) in [6, 6.07) is 14.4. The van der Waals surface area contributed by atoms with E-state index in [2.05, 4.69) is 47.2 Å². The zero-order chi connectivity index (χ0) is 13.9. The Hall–Kier alpha value is -2.29. The third-order valence-corrected chi connectivity index (χ3v) is 3.57. The van der Waals surface area contributed by atoms with Crippen molar-refractivity contribution in [2.45, 2.75) is 19.8 Å². The van der Waals surface area contributed by atoms with Crippen LogP contribution >= 0.6 is 0 Å². The molecule has 0 unspecified atom stereocenters. The van der Waals surface area contributed by atoms with Gasteiger partial charge in [0, 0.05) is 6.42 Å². The number of rotatable bonds is 4. The predicted octanol–water partition coefficient (Wildman–Crippen LogP) is 3.67. The first kappa shape index (κ1) is 12.7. The zero-order valence-electron chi connectivity index (χ0n) is 11.8. The van der Waals surface area contributed by atoms with Gasteiger partial charge in [0.05, 0.1) is 18.1 Å². The molecule has 0 bridgehead atoms. The maximum atomic E-state index is 5.17. The molecule has 0 aliphatic heterocycles. The first-order valence-corrected chi connectivity index (χ1v) is 6.83. The van der Waals surface area contributed by atoms with Gasteiger partial charge in [0.15, 0.2) is 0 Å². The van der Waals surface area contributed by atoms with Gasteiger partial charge in [0.25, 0.3) is 0 Å². The number of hydrogen-bond donors (Lipinski definition) is 1. The van der Waals surface area contributed by atoms with Crippen LogP contribution in [0.1, 0.15) is 17.0 Å². The molecule has 0 amide bonds. The molecule has 0 saturated heterocycles. The molecule has 0 spiro atoms. The number of ether oxygens (including phenoxy) is 1. The molecule has 20 heavy (non-hydrogen) atoms. The summed E-state index contributed by atoms with van der Waals surface area (Å²) in [5, 5.41) is 0. The number of methoxy groups -OCH3 is 1. The summed E-state index contributed by atoms with van der Waals surface area (Å²) in [5.41, 5.74) is 4.71. The Morgan fingerprint density at radius 2 is 1.85 bits per heavy atom. The molecule has 0 aliphatic rings. The van der Waals surface area contributed by atoms with Crippen LogP contribution in [0.5, 0.6) is 5.75 Å². The molecule has 3 heteroatoms. The summed E-state index contributed by atoms with van der Waals surface area (Å²) in [6.07, 6.45) is 1.89. The summed E-state index contributed by atoms with van der Waals surface area (Å²) in [5.74, 6) is 1.94. The standard InChI is InChI=1S/C17H18N2O/c1-12-4-3-5-15-17(12)19-16(18-15)11-8-13-6-9-14(20-2)10-7-13/h3-7,9-10H,8,11H2,1-2H3,(H,18,19). The minimum atomic E-state index is 0.896. The minimum Gasteiger partial charge on any atom is -0.497 e. The van der Waals surface area contributed by atoms with Crippen LogP contribution in [-0.2, 0) is 12.8 Å². The van der Waals surface area contributed by atoms with E-state index in [0.717, 1.165) is 35.4 Å². The lowest BCUT2D eigenvalue weighted by atomic mass is 10.1. The highest BCUT2D eigenvalue weighted by Crippen LogP contribution is 2.17. The van der Waals surface area contributed by atoms with Crippen molar-refractivity contribution < 1.29 is 4.74 Å². The van der Waals surface area contributed by atoms with Gasteiger partial charge in [-0.25, -0.2) is 4.98 Å². The number of nitrogens with one attached hydrogen (secondary N) is 1. The van der Waals surface area contributed by atoms with Crippen LogP contribution in [0.4, 0.5) is 0 Å². The Morgan fingerprint density at radius 1 is 1.05 bits per heavy atom. The van der Waals surface area contributed by atoms with Crippen molar-refractivity contribution in [1.29, 1.82) is 0 Å². The second-order valence-corrected chi connectivity index (χ2v) is 5.00. The predicted molar refractivity (Wildman–Crippen MR) is 81.2 cm³/mol. The molecule has 2 aromatic carbocycles. The number of aromatic amines is 1. The third-order valence-electron chi connectivity index (χ3n) is 3.57. The lowest BCUT2D eigenvalue weighted by molar-refractivity contribution is 0.414. The summed E-state index contributed by atoms with van der Waals surface area (Å²) in [7, 11) is 1.69. The number of aromatic nitrogens is 2. The lowest BCUT2D eigenvalue weighted by Crippen LogP contribution is -1.93. The average molecular weight is 266 g/mol. The number of para-hydroxylation sites is 1. The Balaban J connectivity index is 1.74. The van der Waals surface area contributed by atoms with E-state index >= 15 is 0 Å². The van der Waals surface area contributed by atoms with Crippen LogP contribution in [-0.4, -0.2) is 17.1 Å². The van der Waals surface area contributed by atoms with Gasteiger partial charge in [0.2, 0.25) is 0 Å². The Bertz CT molecular complexity index is 713. The second-order valence-electron chi connectivity index (χ2n) is 5.00. The average Bonchev–Trinajstić information content (AvgIpc) is 2.90. The molecule has 0 radical (unpaired) electrons. The SMILES string of the molecule is COc1ccc(CCc2nc3c(C)cccc3[nH]2)cc1. The van der Waals surface area contributed by atoms with E-state index in [1.165, 1.54) is 11.1 Å².